The second-order valence-electron chi connectivity index (χ2n) is 5.99. The van der Waals surface area contributed by atoms with Gasteiger partial charge in [0, 0.05) is 23.6 Å². The van der Waals surface area contributed by atoms with Crippen LogP contribution in [0.4, 0.5) is 0 Å². The van der Waals surface area contributed by atoms with Gasteiger partial charge in [-0.05, 0) is 29.5 Å². The van der Waals surface area contributed by atoms with Gasteiger partial charge in [0.05, 0.1) is 6.42 Å². The zero-order valence-electron chi connectivity index (χ0n) is 13.4. The second kappa shape index (κ2) is 7.14. The summed E-state index contributed by atoms with van der Waals surface area (Å²) in [6, 6.07) is 18.5. The quantitative estimate of drug-likeness (QED) is 0.710. The van der Waals surface area contributed by atoms with Gasteiger partial charge in [0.1, 0.15) is 0 Å². The normalized spacial score (nSPS) is 12.2. The maximum absolute atomic E-state index is 12.1. The Morgan fingerprint density at radius 3 is 2.65 bits per heavy atom. The SMILES string of the molecule is CC(CCNC(=O)Cc1c[nH]c2ccccc12)c1ccccc1. The maximum atomic E-state index is 12.1. The average molecular weight is 306 g/mol. The van der Waals surface area contributed by atoms with Gasteiger partial charge in [-0.1, -0.05) is 55.5 Å². The van der Waals surface area contributed by atoms with E-state index in [1.165, 1.54) is 5.56 Å². The number of hydrogen-bond acceptors (Lipinski definition) is 1. The molecule has 0 bridgehead atoms. The molecule has 2 aromatic carbocycles. The smallest absolute Gasteiger partial charge is 0.224 e. The predicted octanol–water partition coefficient (Wildman–Crippen LogP) is 4.02. The minimum atomic E-state index is 0.0787. The summed E-state index contributed by atoms with van der Waals surface area (Å²) in [5.74, 6) is 0.527. The first-order valence-corrected chi connectivity index (χ1v) is 8.10. The van der Waals surface area contributed by atoms with Crippen molar-refractivity contribution >= 4 is 16.8 Å². The molecule has 1 aromatic heterocycles. The summed E-state index contributed by atoms with van der Waals surface area (Å²) in [4.78, 5) is 15.4. The average Bonchev–Trinajstić information content (AvgIpc) is 2.99. The number of H-pyrrole nitrogens is 1. The molecular weight excluding hydrogens is 284 g/mol. The number of fused-ring (bicyclic) bond motifs is 1. The van der Waals surface area contributed by atoms with E-state index in [0.717, 1.165) is 22.9 Å². The highest BCUT2D eigenvalue weighted by atomic mass is 16.1. The molecule has 118 valence electrons. The molecule has 2 N–H and O–H groups in total. The Balaban J connectivity index is 1.50. The van der Waals surface area contributed by atoms with Crippen LogP contribution in [-0.4, -0.2) is 17.4 Å². The first-order chi connectivity index (χ1) is 11.2. The number of carbonyl (C=O) groups is 1. The van der Waals surface area contributed by atoms with Crippen molar-refractivity contribution in [1.82, 2.24) is 10.3 Å². The van der Waals surface area contributed by atoms with Crippen LogP contribution in [-0.2, 0) is 11.2 Å². The van der Waals surface area contributed by atoms with Gasteiger partial charge in [-0.15, -0.1) is 0 Å². The highest BCUT2D eigenvalue weighted by molar-refractivity contribution is 5.88. The van der Waals surface area contributed by atoms with Crippen molar-refractivity contribution in [1.29, 1.82) is 0 Å². The fraction of sp³-hybridized carbons (Fsp3) is 0.250. The van der Waals surface area contributed by atoms with Crippen LogP contribution in [0.1, 0.15) is 30.4 Å². The Morgan fingerprint density at radius 2 is 1.83 bits per heavy atom. The van der Waals surface area contributed by atoms with Crippen LogP contribution >= 0.6 is 0 Å². The van der Waals surface area contributed by atoms with Crippen molar-refractivity contribution in [2.45, 2.75) is 25.7 Å². The van der Waals surface area contributed by atoms with Crippen molar-refractivity contribution in [2.75, 3.05) is 6.54 Å². The summed E-state index contributed by atoms with van der Waals surface area (Å²) in [5, 5.41) is 4.16. The van der Waals surface area contributed by atoms with E-state index in [-0.39, 0.29) is 5.91 Å². The Hall–Kier alpha value is -2.55. The van der Waals surface area contributed by atoms with Gasteiger partial charge in [-0.2, -0.15) is 0 Å². The Kier molecular flexibility index (Phi) is 4.77. The number of para-hydroxylation sites is 1. The first-order valence-electron chi connectivity index (χ1n) is 8.10. The highest BCUT2D eigenvalue weighted by Crippen LogP contribution is 2.19. The van der Waals surface area contributed by atoms with Crippen molar-refractivity contribution in [2.24, 2.45) is 0 Å². The van der Waals surface area contributed by atoms with Crippen LogP contribution in [0.15, 0.2) is 60.8 Å². The summed E-state index contributed by atoms with van der Waals surface area (Å²) < 4.78 is 0. The lowest BCUT2D eigenvalue weighted by atomic mass is 9.98. The van der Waals surface area contributed by atoms with E-state index in [2.05, 4.69) is 41.5 Å². The van der Waals surface area contributed by atoms with Crippen molar-refractivity contribution < 1.29 is 4.79 Å². The van der Waals surface area contributed by atoms with Gasteiger partial charge in [0.2, 0.25) is 5.91 Å². The van der Waals surface area contributed by atoms with Gasteiger partial charge in [0.25, 0.3) is 0 Å². The van der Waals surface area contributed by atoms with Crippen molar-refractivity contribution in [3.05, 3.63) is 71.9 Å². The Morgan fingerprint density at radius 1 is 1.09 bits per heavy atom. The molecule has 0 aliphatic heterocycles. The molecule has 0 spiro atoms. The molecule has 0 saturated heterocycles. The van der Waals surface area contributed by atoms with Gasteiger partial charge in [-0.3, -0.25) is 4.79 Å². The summed E-state index contributed by atoms with van der Waals surface area (Å²) in [6.07, 6.45) is 3.30. The van der Waals surface area contributed by atoms with Crippen LogP contribution < -0.4 is 5.32 Å². The summed E-state index contributed by atoms with van der Waals surface area (Å²) in [5.41, 5.74) is 3.44. The summed E-state index contributed by atoms with van der Waals surface area (Å²) >= 11 is 0. The van der Waals surface area contributed by atoms with Gasteiger partial charge in [-0.25, -0.2) is 0 Å². The Bertz CT molecular complexity index is 776. The number of aromatic nitrogens is 1. The van der Waals surface area contributed by atoms with Crippen LogP contribution in [0.5, 0.6) is 0 Å². The largest absolute Gasteiger partial charge is 0.361 e. The van der Waals surface area contributed by atoms with Gasteiger partial charge >= 0.3 is 0 Å². The Labute approximate surface area is 136 Å². The van der Waals surface area contributed by atoms with Crippen molar-refractivity contribution in [3.8, 4) is 0 Å². The lowest BCUT2D eigenvalue weighted by Gasteiger charge is -2.12. The van der Waals surface area contributed by atoms with E-state index in [1.54, 1.807) is 0 Å². The third-order valence-corrected chi connectivity index (χ3v) is 4.29. The number of aromatic amines is 1. The molecule has 3 nitrogen and oxygen atoms in total. The number of hydrogen-bond donors (Lipinski definition) is 2. The molecule has 0 saturated carbocycles. The second-order valence-corrected chi connectivity index (χ2v) is 5.99. The minimum absolute atomic E-state index is 0.0787. The molecule has 0 fully saturated rings. The van der Waals surface area contributed by atoms with Crippen LogP contribution in [0.25, 0.3) is 10.9 Å². The van der Waals surface area contributed by atoms with Crippen LogP contribution in [0.3, 0.4) is 0 Å². The predicted molar refractivity (Wildman–Crippen MR) is 94.5 cm³/mol. The van der Waals surface area contributed by atoms with Crippen LogP contribution in [0, 0.1) is 0 Å². The highest BCUT2D eigenvalue weighted by Gasteiger charge is 2.09. The lowest BCUT2D eigenvalue weighted by Crippen LogP contribution is -2.26. The standard InChI is InChI=1S/C20H22N2O/c1-15(16-7-3-2-4-8-16)11-12-21-20(23)13-17-14-22-19-10-6-5-9-18(17)19/h2-10,14-15,22H,11-13H2,1H3,(H,21,23). The van der Waals surface area contributed by atoms with Gasteiger partial charge < -0.3 is 10.3 Å². The van der Waals surface area contributed by atoms with E-state index in [4.69, 9.17) is 0 Å². The number of benzene rings is 2. The summed E-state index contributed by atoms with van der Waals surface area (Å²) in [7, 11) is 0. The van der Waals surface area contributed by atoms with E-state index < -0.39 is 0 Å². The first kappa shape index (κ1) is 15.3. The number of amides is 1. The number of carbonyl (C=O) groups excluding carboxylic acids is 1. The fourth-order valence-corrected chi connectivity index (χ4v) is 2.89. The lowest BCUT2D eigenvalue weighted by molar-refractivity contribution is -0.120. The van der Waals surface area contributed by atoms with Crippen molar-refractivity contribution in [3.63, 3.8) is 0 Å². The molecule has 1 unspecified atom stereocenters. The minimum Gasteiger partial charge on any atom is -0.361 e. The third kappa shape index (κ3) is 3.81. The topological polar surface area (TPSA) is 44.9 Å². The zero-order valence-corrected chi connectivity index (χ0v) is 13.4. The molecule has 0 aliphatic rings. The molecule has 3 aromatic rings. The van der Waals surface area contributed by atoms with Gasteiger partial charge in [0.15, 0.2) is 0 Å². The van der Waals surface area contributed by atoms with E-state index >= 15 is 0 Å². The molecule has 1 atom stereocenters. The number of nitrogens with one attached hydrogen (secondary N) is 2. The number of rotatable bonds is 6. The zero-order chi connectivity index (χ0) is 16.1. The van der Waals surface area contributed by atoms with E-state index in [9.17, 15) is 4.79 Å². The third-order valence-electron chi connectivity index (χ3n) is 4.29. The molecule has 23 heavy (non-hydrogen) atoms. The molecule has 0 aliphatic carbocycles. The van der Waals surface area contributed by atoms with Crippen LogP contribution in [0.2, 0.25) is 0 Å². The maximum Gasteiger partial charge on any atom is 0.224 e. The fourth-order valence-electron chi connectivity index (χ4n) is 2.89. The molecule has 3 rings (SSSR count). The molecule has 1 heterocycles. The summed E-state index contributed by atoms with van der Waals surface area (Å²) in [6.45, 7) is 2.90. The van der Waals surface area contributed by atoms with E-state index in [1.807, 2.05) is 36.5 Å². The molecule has 0 radical (unpaired) electrons. The molecule has 3 heteroatoms. The monoisotopic (exact) mass is 306 g/mol. The molecule has 1 amide bonds. The molecular formula is C20H22N2O. The van der Waals surface area contributed by atoms with E-state index in [0.29, 0.717) is 18.9 Å².